The van der Waals surface area contributed by atoms with E-state index in [1.807, 2.05) is 24.3 Å². The van der Waals surface area contributed by atoms with Gasteiger partial charge in [-0.15, -0.1) is 12.4 Å². The third-order valence-corrected chi connectivity index (χ3v) is 3.35. The van der Waals surface area contributed by atoms with Crippen molar-refractivity contribution >= 4 is 51.6 Å². The minimum atomic E-state index is -0.491. The lowest BCUT2D eigenvalue weighted by molar-refractivity contribution is 0.0518. The van der Waals surface area contributed by atoms with E-state index in [1.54, 1.807) is 11.5 Å². The Morgan fingerprint density at radius 3 is 2.55 bits per heavy atom. The van der Waals surface area contributed by atoms with Crippen LogP contribution in [0.25, 0.3) is 5.69 Å². The fourth-order valence-corrected chi connectivity index (χ4v) is 2.31. The molecule has 0 atom stereocenters. The average Bonchev–Trinajstić information content (AvgIpc) is 2.65. The molecule has 1 aromatic heterocycles. The van der Waals surface area contributed by atoms with Crippen LogP contribution >= 0.6 is 39.9 Å². The lowest BCUT2D eigenvalue weighted by Gasteiger charge is -2.10. The predicted molar refractivity (Wildman–Crippen MR) is 86.1 cm³/mol. The van der Waals surface area contributed by atoms with Crippen LogP contribution in [-0.4, -0.2) is 17.1 Å². The molecule has 20 heavy (non-hydrogen) atoms. The first-order valence-electron chi connectivity index (χ1n) is 5.64. The van der Waals surface area contributed by atoms with Gasteiger partial charge in [0.05, 0.1) is 12.3 Å². The first-order chi connectivity index (χ1) is 9.04. The van der Waals surface area contributed by atoms with Gasteiger partial charge in [-0.05, 0) is 37.3 Å². The van der Waals surface area contributed by atoms with Gasteiger partial charge in [-0.1, -0.05) is 27.5 Å². The van der Waals surface area contributed by atoms with Gasteiger partial charge in [-0.25, -0.2) is 4.79 Å². The predicted octanol–water partition coefficient (Wildman–Crippen LogP) is 4.07. The first-order valence-corrected chi connectivity index (χ1v) is 6.81. The van der Waals surface area contributed by atoms with Gasteiger partial charge in [0, 0.05) is 10.2 Å². The summed E-state index contributed by atoms with van der Waals surface area (Å²) in [6.45, 7) is 2.02. The smallest absolute Gasteiger partial charge is 0.357 e. The standard InChI is InChI=1S/C13H12BrClN2O2.ClH/c1-2-19-13(18)12-10(16)7-11(15)17(12)9-5-3-8(14)4-6-9;/h3-7H,2,16H2,1H3;1H. The lowest BCUT2D eigenvalue weighted by atomic mass is 10.3. The molecule has 2 N–H and O–H groups in total. The van der Waals surface area contributed by atoms with Crippen molar-refractivity contribution in [2.45, 2.75) is 6.92 Å². The Kier molecular flexibility index (Phi) is 5.92. The Hall–Kier alpha value is -1.17. The van der Waals surface area contributed by atoms with Crippen LogP contribution in [-0.2, 0) is 4.74 Å². The second-order valence-electron chi connectivity index (χ2n) is 3.80. The molecule has 0 aliphatic carbocycles. The van der Waals surface area contributed by atoms with Crippen molar-refractivity contribution in [3.8, 4) is 5.69 Å². The number of nitrogens with zero attached hydrogens (tertiary/aromatic N) is 1. The molecular formula is C13H13BrCl2N2O2. The summed E-state index contributed by atoms with van der Waals surface area (Å²) in [6.07, 6.45) is 0. The van der Waals surface area contributed by atoms with E-state index in [0.29, 0.717) is 10.8 Å². The number of rotatable bonds is 3. The lowest BCUT2D eigenvalue weighted by Crippen LogP contribution is -2.13. The highest BCUT2D eigenvalue weighted by Crippen LogP contribution is 2.28. The summed E-state index contributed by atoms with van der Waals surface area (Å²) in [5.74, 6) is -0.491. The minimum absolute atomic E-state index is 0. The van der Waals surface area contributed by atoms with Crippen molar-refractivity contribution in [3.05, 3.63) is 45.7 Å². The van der Waals surface area contributed by atoms with E-state index in [0.717, 1.165) is 10.2 Å². The molecule has 0 spiro atoms. The van der Waals surface area contributed by atoms with Gasteiger partial charge in [0.15, 0.2) is 5.69 Å². The number of hydrogen-bond donors (Lipinski definition) is 1. The summed E-state index contributed by atoms with van der Waals surface area (Å²) < 4.78 is 7.51. The summed E-state index contributed by atoms with van der Waals surface area (Å²) in [5.41, 5.74) is 7.11. The number of benzene rings is 1. The fourth-order valence-electron chi connectivity index (χ4n) is 1.75. The summed E-state index contributed by atoms with van der Waals surface area (Å²) >= 11 is 9.49. The molecule has 0 saturated heterocycles. The fraction of sp³-hybridized carbons (Fsp3) is 0.154. The van der Waals surface area contributed by atoms with Gasteiger partial charge in [-0.3, -0.25) is 4.57 Å². The topological polar surface area (TPSA) is 57.2 Å². The van der Waals surface area contributed by atoms with Crippen molar-refractivity contribution in [2.24, 2.45) is 0 Å². The molecule has 0 radical (unpaired) electrons. The number of anilines is 1. The highest BCUT2D eigenvalue weighted by Gasteiger charge is 2.21. The third-order valence-electron chi connectivity index (χ3n) is 2.54. The van der Waals surface area contributed by atoms with Crippen molar-refractivity contribution in [2.75, 3.05) is 12.3 Å². The number of ether oxygens (including phenoxy) is 1. The molecule has 1 heterocycles. The van der Waals surface area contributed by atoms with E-state index in [9.17, 15) is 4.79 Å². The van der Waals surface area contributed by atoms with Gasteiger partial charge in [0.1, 0.15) is 5.15 Å². The van der Waals surface area contributed by atoms with Crippen LogP contribution in [0.15, 0.2) is 34.8 Å². The second kappa shape index (κ2) is 7.02. The maximum Gasteiger partial charge on any atom is 0.357 e. The molecule has 0 aliphatic rings. The maximum absolute atomic E-state index is 11.9. The molecule has 0 fully saturated rings. The molecule has 0 bridgehead atoms. The van der Waals surface area contributed by atoms with Crippen molar-refractivity contribution in [1.82, 2.24) is 4.57 Å². The zero-order valence-corrected chi connectivity index (χ0v) is 13.8. The molecule has 2 aromatic rings. The van der Waals surface area contributed by atoms with Crippen LogP contribution < -0.4 is 5.73 Å². The maximum atomic E-state index is 11.9. The zero-order chi connectivity index (χ0) is 14.0. The van der Waals surface area contributed by atoms with Crippen LogP contribution in [0.3, 0.4) is 0 Å². The Morgan fingerprint density at radius 1 is 1.40 bits per heavy atom. The number of aromatic nitrogens is 1. The SMILES string of the molecule is CCOC(=O)c1c(N)cc(Cl)n1-c1ccc(Br)cc1.Cl. The van der Waals surface area contributed by atoms with Gasteiger partial charge in [-0.2, -0.15) is 0 Å². The average molecular weight is 380 g/mol. The molecule has 0 unspecified atom stereocenters. The van der Waals surface area contributed by atoms with Crippen LogP contribution in [0, 0.1) is 0 Å². The largest absolute Gasteiger partial charge is 0.461 e. The van der Waals surface area contributed by atoms with Gasteiger partial charge in [0.25, 0.3) is 0 Å². The Labute approximate surface area is 136 Å². The molecule has 2 rings (SSSR count). The van der Waals surface area contributed by atoms with E-state index in [-0.39, 0.29) is 24.7 Å². The van der Waals surface area contributed by atoms with E-state index in [4.69, 9.17) is 22.1 Å². The van der Waals surface area contributed by atoms with Crippen molar-refractivity contribution < 1.29 is 9.53 Å². The number of carbonyl (C=O) groups is 1. The first kappa shape index (κ1) is 16.9. The van der Waals surface area contributed by atoms with E-state index in [1.165, 1.54) is 6.07 Å². The van der Waals surface area contributed by atoms with Crippen molar-refractivity contribution in [3.63, 3.8) is 0 Å². The molecule has 7 heteroatoms. The molecule has 1 aromatic carbocycles. The Bertz CT molecular complexity index is 612. The van der Waals surface area contributed by atoms with Gasteiger partial charge in [0.2, 0.25) is 0 Å². The van der Waals surface area contributed by atoms with Gasteiger partial charge >= 0.3 is 5.97 Å². The third kappa shape index (κ3) is 3.29. The molecule has 108 valence electrons. The van der Waals surface area contributed by atoms with Crippen LogP contribution in [0.5, 0.6) is 0 Å². The zero-order valence-electron chi connectivity index (χ0n) is 10.6. The summed E-state index contributed by atoms with van der Waals surface area (Å²) in [7, 11) is 0. The summed E-state index contributed by atoms with van der Waals surface area (Å²) in [4.78, 5) is 11.9. The molecule has 0 saturated carbocycles. The Balaban J connectivity index is 0.00000200. The summed E-state index contributed by atoms with van der Waals surface area (Å²) in [6, 6.07) is 8.92. The van der Waals surface area contributed by atoms with Crippen LogP contribution in [0.2, 0.25) is 5.15 Å². The number of nitrogens with two attached hydrogens (primary N) is 1. The normalized spacial score (nSPS) is 9.95. The number of esters is 1. The molecule has 4 nitrogen and oxygen atoms in total. The number of halogens is 3. The highest BCUT2D eigenvalue weighted by molar-refractivity contribution is 9.10. The van der Waals surface area contributed by atoms with Crippen LogP contribution in [0.1, 0.15) is 17.4 Å². The molecule has 0 amide bonds. The Morgan fingerprint density at radius 2 is 2.00 bits per heavy atom. The van der Waals surface area contributed by atoms with E-state index < -0.39 is 5.97 Å². The van der Waals surface area contributed by atoms with Crippen LogP contribution in [0.4, 0.5) is 5.69 Å². The summed E-state index contributed by atoms with van der Waals surface area (Å²) in [5, 5.41) is 0.364. The second-order valence-corrected chi connectivity index (χ2v) is 5.11. The van der Waals surface area contributed by atoms with E-state index >= 15 is 0 Å². The number of nitrogen functional groups attached to an aromatic ring is 1. The van der Waals surface area contributed by atoms with Crippen molar-refractivity contribution in [1.29, 1.82) is 0 Å². The number of carbonyl (C=O) groups excluding carboxylic acids is 1. The monoisotopic (exact) mass is 378 g/mol. The molecule has 0 aliphatic heterocycles. The minimum Gasteiger partial charge on any atom is -0.461 e. The number of hydrogen-bond acceptors (Lipinski definition) is 3. The van der Waals surface area contributed by atoms with E-state index in [2.05, 4.69) is 15.9 Å². The highest BCUT2D eigenvalue weighted by atomic mass is 79.9. The molecular weight excluding hydrogens is 367 g/mol. The van der Waals surface area contributed by atoms with Gasteiger partial charge < -0.3 is 10.5 Å². The quantitative estimate of drug-likeness (QED) is 0.817.